The highest BCUT2D eigenvalue weighted by atomic mass is 79.9. The quantitative estimate of drug-likeness (QED) is 0.564. The Morgan fingerprint density at radius 3 is 3.08 bits per heavy atom. The summed E-state index contributed by atoms with van der Waals surface area (Å²) >= 11 is 2.76. The average Bonchev–Trinajstić information content (AvgIpc) is 2.37. The van der Waals surface area contributed by atoms with Crippen LogP contribution >= 0.6 is 15.9 Å². The first kappa shape index (κ1) is 9.03. The molecular formula is C6H5BrN2O3. The van der Waals surface area contributed by atoms with Gasteiger partial charge in [-0.3, -0.25) is 14.4 Å². The molecule has 0 aliphatic carbocycles. The molecule has 0 aromatic rings. The first-order valence-corrected chi connectivity index (χ1v) is 3.87. The summed E-state index contributed by atoms with van der Waals surface area (Å²) in [5, 5.41) is 2.35. The molecule has 5 nitrogen and oxygen atoms in total. The van der Waals surface area contributed by atoms with E-state index in [0.717, 1.165) is 0 Å². The highest BCUT2D eigenvalue weighted by molar-refractivity contribution is 9.12. The van der Waals surface area contributed by atoms with Crippen molar-refractivity contribution in [3.63, 3.8) is 0 Å². The number of carbonyl (C=O) groups is 2. The van der Waals surface area contributed by atoms with Crippen molar-refractivity contribution in [3.05, 3.63) is 0 Å². The van der Waals surface area contributed by atoms with E-state index >= 15 is 0 Å². The molecule has 1 atom stereocenters. The number of carbonyl (C=O) groups excluding carboxylic acids is 2. The van der Waals surface area contributed by atoms with Crippen LogP contribution in [0.1, 0.15) is 0 Å². The Morgan fingerprint density at radius 2 is 2.58 bits per heavy atom. The summed E-state index contributed by atoms with van der Waals surface area (Å²) in [6.07, 6.45) is 0. The monoisotopic (exact) mass is 232 g/mol. The van der Waals surface area contributed by atoms with Gasteiger partial charge in [-0.15, -0.1) is 0 Å². The molecule has 1 rings (SSSR count). The zero-order valence-corrected chi connectivity index (χ0v) is 7.47. The summed E-state index contributed by atoms with van der Waals surface area (Å²) in [7, 11) is 0. The van der Waals surface area contributed by atoms with Gasteiger partial charge in [-0.1, -0.05) is 0 Å². The van der Waals surface area contributed by atoms with E-state index in [1.165, 1.54) is 0 Å². The highest BCUT2D eigenvalue weighted by Gasteiger charge is 2.26. The second kappa shape index (κ2) is 4.09. The predicted molar refractivity (Wildman–Crippen MR) is 42.7 cm³/mol. The fraction of sp³-hybridized carbons (Fsp3) is 0.333. The van der Waals surface area contributed by atoms with Crippen molar-refractivity contribution in [3.8, 4) is 10.8 Å². The van der Waals surface area contributed by atoms with Crippen molar-refractivity contribution in [2.75, 3.05) is 6.61 Å². The summed E-state index contributed by atoms with van der Waals surface area (Å²) in [6, 6.07) is -0.633. The molecule has 1 saturated heterocycles. The summed E-state index contributed by atoms with van der Waals surface area (Å²) < 4.78 is 0. The number of halogens is 1. The van der Waals surface area contributed by atoms with E-state index in [2.05, 4.69) is 42.3 Å². The highest BCUT2D eigenvalue weighted by Crippen LogP contribution is 1.93. The number of hydroxylamine groups is 1. The molecular weight excluding hydrogens is 228 g/mol. The van der Waals surface area contributed by atoms with E-state index < -0.39 is 11.9 Å². The van der Waals surface area contributed by atoms with E-state index in [-0.39, 0.29) is 12.5 Å². The standard InChI is InChI=1S/C6H5BrN2O3/c7-2-1-5(10)8-4-3-12-9-6(4)11/h4H,3H2,(H,8,10)(H,9,11). The van der Waals surface area contributed by atoms with E-state index in [1.807, 2.05) is 0 Å². The van der Waals surface area contributed by atoms with Gasteiger partial charge in [-0.25, -0.2) is 5.48 Å². The van der Waals surface area contributed by atoms with Crippen molar-refractivity contribution in [2.24, 2.45) is 0 Å². The number of hydrogen-bond donors (Lipinski definition) is 2. The average molecular weight is 233 g/mol. The van der Waals surface area contributed by atoms with Crippen LogP contribution in [-0.4, -0.2) is 24.5 Å². The molecule has 2 amide bonds. The second-order valence-corrected chi connectivity index (χ2v) is 2.42. The lowest BCUT2D eigenvalue weighted by molar-refractivity contribution is -0.127. The van der Waals surface area contributed by atoms with Crippen LogP contribution in [0.25, 0.3) is 0 Å². The maximum Gasteiger partial charge on any atom is 0.297 e. The third kappa shape index (κ3) is 2.22. The van der Waals surface area contributed by atoms with Crippen LogP contribution in [0, 0.1) is 10.8 Å². The van der Waals surface area contributed by atoms with E-state index in [1.54, 1.807) is 0 Å². The maximum atomic E-state index is 10.8. The molecule has 12 heavy (non-hydrogen) atoms. The van der Waals surface area contributed by atoms with Crippen LogP contribution in [0.4, 0.5) is 0 Å². The van der Waals surface area contributed by atoms with Crippen LogP contribution in [0.2, 0.25) is 0 Å². The molecule has 0 saturated carbocycles. The van der Waals surface area contributed by atoms with Crippen LogP contribution in [0.15, 0.2) is 0 Å². The fourth-order valence-electron chi connectivity index (χ4n) is 0.687. The van der Waals surface area contributed by atoms with E-state index in [4.69, 9.17) is 0 Å². The van der Waals surface area contributed by atoms with Crippen molar-refractivity contribution in [1.82, 2.24) is 10.8 Å². The normalized spacial score (nSPS) is 20.8. The molecule has 6 heteroatoms. The van der Waals surface area contributed by atoms with Gasteiger partial charge >= 0.3 is 0 Å². The lowest BCUT2D eigenvalue weighted by Gasteiger charge is -2.02. The Hall–Kier alpha value is -1.06. The SMILES string of the molecule is O=C(C#CBr)NC1CONC1=O. The van der Waals surface area contributed by atoms with Gasteiger partial charge in [-0.2, -0.15) is 0 Å². The zero-order valence-electron chi connectivity index (χ0n) is 5.89. The van der Waals surface area contributed by atoms with Gasteiger partial charge in [0.05, 0.1) is 0 Å². The molecule has 1 unspecified atom stereocenters. The number of rotatable bonds is 1. The molecule has 0 aromatic heterocycles. The van der Waals surface area contributed by atoms with Crippen LogP contribution in [-0.2, 0) is 14.4 Å². The zero-order chi connectivity index (χ0) is 8.97. The van der Waals surface area contributed by atoms with Gasteiger partial charge in [-0.05, 0) is 4.83 Å². The molecule has 1 aliphatic heterocycles. The van der Waals surface area contributed by atoms with Crippen LogP contribution < -0.4 is 10.8 Å². The maximum absolute atomic E-state index is 10.8. The molecule has 0 aromatic carbocycles. The largest absolute Gasteiger partial charge is 0.331 e. The van der Waals surface area contributed by atoms with Crippen molar-refractivity contribution in [2.45, 2.75) is 6.04 Å². The van der Waals surface area contributed by atoms with Gasteiger partial charge in [0.15, 0.2) is 0 Å². The van der Waals surface area contributed by atoms with Gasteiger partial charge in [0.25, 0.3) is 11.8 Å². The van der Waals surface area contributed by atoms with Gasteiger partial charge in [0.2, 0.25) is 0 Å². The summed E-state index contributed by atoms with van der Waals surface area (Å²) in [5.41, 5.74) is 2.10. The Labute approximate surface area is 76.9 Å². The molecule has 1 fully saturated rings. The Kier molecular flexibility index (Phi) is 3.08. The van der Waals surface area contributed by atoms with E-state index in [0.29, 0.717) is 0 Å². The number of nitrogens with one attached hydrogen (secondary N) is 2. The van der Waals surface area contributed by atoms with Crippen molar-refractivity contribution < 1.29 is 14.4 Å². The van der Waals surface area contributed by atoms with Crippen molar-refractivity contribution in [1.29, 1.82) is 0 Å². The first-order valence-electron chi connectivity index (χ1n) is 3.08. The van der Waals surface area contributed by atoms with Gasteiger partial charge in [0.1, 0.15) is 12.6 Å². The van der Waals surface area contributed by atoms with Gasteiger partial charge in [0, 0.05) is 21.9 Å². The Morgan fingerprint density at radius 1 is 1.83 bits per heavy atom. The second-order valence-electron chi connectivity index (χ2n) is 2.02. The summed E-state index contributed by atoms with van der Waals surface area (Å²) in [4.78, 5) is 28.4. The molecule has 1 heterocycles. The number of amides is 2. The summed E-state index contributed by atoms with van der Waals surface area (Å²) in [6.45, 7) is 0.133. The molecule has 0 bridgehead atoms. The predicted octanol–water partition coefficient (Wildman–Crippen LogP) is -1.11. The molecule has 2 N–H and O–H groups in total. The van der Waals surface area contributed by atoms with E-state index in [9.17, 15) is 9.59 Å². The smallest absolute Gasteiger partial charge is 0.297 e. The third-order valence-corrected chi connectivity index (χ3v) is 1.40. The Bertz CT molecular complexity index is 268. The van der Waals surface area contributed by atoms with Crippen LogP contribution in [0.3, 0.4) is 0 Å². The minimum absolute atomic E-state index is 0.133. The topological polar surface area (TPSA) is 67.4 Å². The molecule has 0 radical (unpaired) electrons. The lowest BCUT2D eigenvalue weighted by Crippen LogP contribution is -2.41. The molecule has 0 spiro atoms. The minimum atomic E-state index is -0.633. The fourth-order valence-corrected chi connectivity index (χ4v) is 0.867. The van der Waals surface area contributed by atoms with Crippen LogP contribution in [0.5, 0.6) is 0 Å². The minimum Gasteiger partial charge on any atom is -0.331 e. The molecule has 1 aliphatic rings. The molecule has 64 valence electrons. The van der Waals surface area contributed by atoms with Gasteiger partial charge < -0.3 is 5.32 Å². The third-order valence-electron chi connectivity index (χ3n) is 1.21. The number of hydrogen-bond acceptors (Lipinski definition) is 3. The summed E-state index contributed by atoms with van der Waals surface area (Å²) in [5.74, 6) is 1.30. The van der Waals surface area contributed by atoms with Crippen molar-refractivity contribution >= 4 is 27.7 Å². The first-order chi connectivity index (χ1) is 5.74. The lowest BCUT2D eigenvalue weighted by atomic mass is 10.3. The Balaban J connectivity index is 2.44.